The lowest BCUT2D eigenvalue weighted by molar-refractivity contribution is 0.191. The van der Waals surface area contributed by atoms with Crippen LogP contribution in [0.4, 0.5) is 4.39 Å². The van der Waals surface area contributed by atoms with E-state index in [1.165, 1.54) is 0 Å². The first-order valence-electron chi connectivity index (χ1n) is 5.26. The van der Waals surface area contributed by atoms with E-state index in [0.29, 0.717) is 12.2 Å². The molecule has 0 aliphatic heterocycles. The lowest BCUT2D eigenvalue weighted by atomic mass is 10.1. The van der Waals surface area contributed by atoms with E-state index in [-0.39, 0.29) is 12.6 Å². The minimum absolute atomic E-state index is 0.0269. The maximum absolute atomic E-state index is 12.9. The van der Waals surface area contributed by atoms with Crippen molar-refractivity contribution < 1.29 is 9.13 Å². The molecule has 0 fully saturated rings. The molecule has 0 aromatic heterocycles. The molecule has 0 heterocycles. The smallest absolute Gasteiger partial charge is 0.134 e. The molecule has 0 aliphatic carbocycles. The highest BCUT2D eigenvalue weighted by molar-refractivity contribution is 5.30. The van der Waals surface area contributed by atoms with Gasteiger partial charge < -0.3 is 10.5 Å². The fourth-order valence-corrected chi connectivity index (χ4v) is 1.19. The normalized spacial score (nSPS) is 14.7. The summed E-state index contributed by atoms with van der Waals surface area (Å²) in [6.07, 6.45) is -0.420. The highest BCUT2D eigenvalue weighted by Gasteiger charge is 2.05. The SMILES string of the molecule is CCC(F)COc1cccc([C@@H](C)N)c1. The van der Waals surface area contributed by atoms with Crippen LogP contribution in [0, 0.1) is 0 Å². The number of hydrogen-bond donors (Lipinski definition) is 1. The Morgan fingerprint density at radius 2 is 2.20 bits per heavy atom. The van der Waals surface area contributed by atoms with Gasteiger partial charge in [0.05, 0.1) is 0 Å². The van der Waals surface area contributed by atoms with Crippen molar-refractivity contribution in [2.75, 3.05) is 6.61 Å². The maximum atomic E-state index is 12.9. The highest BCUT2D eigenvalue weighted by atomic mass is 19.1. The Labute approximate surface area is 90.2 Å². The molecule has 0 bridgehead atoms. The largest absolute Gasteiger partial charge is 0.491 e. The molecule has 0 radical (unpaired) electrons. The van der Waals surface area contributed by atoms with Gasteiger partial charge in [-0.1, -0.05) is 19.1 Å². The summed E-state index contributed by atoms with van der Waals surface area (Å²) in [5.41, 5.74) is 6.73. The first-order valence-corrected chi connectivity index (χ1v) is 5.26. The van der Waals surface area contributed by atoms with Crippen molar-refractivity contribution in [3.05, 3.63) is 29.8 Å². The number of rotatable bonds is 5. The topological polar surface area (TPSA) is 35.2 Å². The van der Waals surface area contributed by atoms with Crippen LogP contribution in [0.15, 0.2) is 24.3 Å². The second-order valence-corrected chi connectivity index (χ2v) is 3.68. The third-order valence-electron chi connectivity index (χ3n) is 2.26. The zero-order valence-corrected chi connectivity index (χ0v) is 9.24. The predicted molar refractivity (Wildman–Crippen MR) is 59.7 cm³/mol. The van der Waals surface area contributed by atoms with Crippen LogP contribution in [0.3, 0.4) is 0 Å². The monoisotopic (exact) mass is 211 g/mol. The van der Waals surface area contributed by atoms with Gasteiger partial charge in [0.1, 0.15) is 18.5 Å². The Morgan fingerprint density at radius 3 is 2.80 bits per heavy atom. The molecule has 1 rings (SSSR count). The molecule has 15 heavy (non-hydrogen) atoms. The zero-order chi connectivity index (χ0) is 11.3. The van der Waals surface area contributed by atoms with E-state index in [2.05, 4.69) is 0 Å². The van der Waals surface area contributed by atoms with Gasteiger partial charge in [0, 0.05) is 6.04 Å². The quantitative estimate of drug-likeness (QED) is 0.812. The van der Waals surface area contributed by atoms with Crippen molar-refractivity contribution in [2.24, 2.45) is 5.73 Å². The minimum Gasteiger partial charge on any atom is -0.491 e. The maximum Gasteiger partial charge on any atom is 0.134 e. The van der Waals surface area contributed by atoms with Gasteiger partial charge in [0.2, 0.25) is 0 Å². The highest BCUT2D eigenvalue weighted by Crippen LogP contribution is 2.18. The van der Waals surface area contributed by atoms with E-state index in [0.717, 1.165) is 5.56 Å². The lowest BCUT2D eigenvalue weighted by Gasteiger charge is -2.11. The van der Waals surface area contributed by atoms with E-state index < -0.39 is 6.17 Å². The Morgan fingerprint density at radius 1 is 1.47 bits per heavy atom. The molecule has 1 aromatic carbocycles. The van der Waals surface area contributed by atoms with Crippen molar-refractivity contribution in [2.45, 2.75) is 32.5 Å². The zero-order valence-electron chi connectivity index (χ0n) is 9.24. The number of alkyl halides is 1. The molecule has 2 atom stereocenters. The average Bonchev–Trinajstić information content (AvgIpc) is 2.26. The Hall–Kier alpha value is -1.09. The van der Waals surface area contributed by atoms with Crippen LogP contribution in [-0.2, 0) is 0 Å². The first-order chi connectivity index (χ1) is 7.13. The first kappa shape index (κ1) is 12.0. The summed E-state index contributed by atoms with van der Waals surface area (Å²) >= 11 is 0. The van der Waals surface area contributed by atoms with Crippen LogP contribution in [0.2, 0.25) is 0 Å². The summed E-state index contributed by atoms with van der Waals surface area (Å²) in [4.78, 5) is 0. The van der Waals surface area contributed by atoms with Gasteiger partial charge in [-0.25, -0.2) is 4.39 Å². The van der Waals surface area contributed by atoms with Crippen molar-refractivity contribution in [3.63, 3.8) is 0 Å². The summed E-state index contributed by atoms with van der Waals surface area (Å²) in [6, 6.07) is 7.44. The van der Waals surface area contributed by atoms with E-state index in [1.807, 2.05) is 31.2 Å². The second kappa shape index (κ2) is 5.71. The molecule has 0 amide bonds. The molecule has 2 N–H and O–H groups in total. The second-order valence-electron chi connectivity index (χ2n) is 3.68. The third kappa shape index (κ3) is 3.88. The Kier molecular flexibility index (Phi) is 4.56. The van der Waals surface area contributed by atoms with Crippen LogP contribution < -0.4 is 10.5 Å². The lowest BCUT2D eigenvalue weighted by Crippen LogP contribution is -2.12. The van der Waals surface area contributed by atoms with E-state index in [4.69, 9.17) is 10.5 Å². The standard InChI is InChI=1S/C12H18FNO/c1-3-11(13)8-15-12-6-4-5-10(7-12)9(2)14/h4-7,9,11H,3,8,14H2,1-2H3/t9-,11?/m1/s1. The van der Waals surface area contributed by atoms with Crippen molar-refractivity contribution in [3.8, 4) is 5.75 Å². The van der Waals surface area contributed by atoms with E-state index >= 15 is 0 Å². The Balaban J connectivity index is 2.58. The molecular weight excluding hydrogens is 193 g/mol. The third-order valence-corrected chi connectivity index (χ3v) is 2.26. The summed E-state index contributed by atoms with van der Waals surface area (Å²) < 4.78 is 18.2. The van der Waals surface area contributed by atoms with Gasteiger partial charge in [0.15, 0.2) is 0 Å². The fraction of sp³-hybridized carbons (Fsp3) is 0.500. The van der Waals surface area contributed by atoms with Gasteiger partial charge in [-0.05, 0) is 31.0 Å². The molecule has 0 saturated heterocycles. The molecule has 1 aromatic rings. The minimum atomic E-state index is -0.899. The van der Waals surface area contributed by atoms with Gasteiger partial charge in [-0.3, -0.25) is 0 Å². The fourth-order valence-electron chi connectivity index (χ4n) is 1.19. The molecule has 2 nitrogen and oxygen atoms in total. The van der Waals surface area contributed by atoms with E-state index in [9.17, 15) is 4.39 Å². The summed E-state index contributed by atoms with van der Waals surface area (Å²) in [5.74, 6) is 0.681. The summed E-state index contributed by atoms with van der Waals surface area (Å²) in [7, 11) is 0. The molecule has 0 saturated carbocycles. The number of nitrogens with two attached hydrogens (primary N) is 1. The van der Waals surface area contributed by atoms with Crippen molar-refractivity contribution in [1.29, 1.82) is 0 Å². The van der Waals surface area contributed by atoms with Crippen LogP contribution in [0.25, 0.3) is 0 Å². The number of halogens is 1. The number of ether oxygens (including phenoxy) is 1. The predicted octanol–water partition coefficient (Wildman–Crippen LogP) is 2.83. The molecular formula is C12H18FNO. The van der Waals surface area contributed by atoms with Crippen molar-refractivity contribution >= 4 is 0 Å². The van der Waals surface area contributed by atoms with Crippen LogP contribution in [0.5, 0.6) is 5.75 Å². The Bertz CT molecular complexity index is 301. The van der Waals surface area contributed by atoms with Crippen molar-refractivity contribution in [1.82, 2.24) is 0 Å². The van der Waals surface area contributed by atoms with E-state index in [1.54, 1.807) is 6.92 Å². The molecule has 1 unspecified atom stereocenters. The summed E-state index contributed by atoms with van der Waals surface area (Å²) in [6.45, 7) is 3.81. The van der Waals surface area contributed by atoms with Gasteiger partial charge in [-0.15, -0.1) is 0 Å². The molecule has 84 valence electrons. The molecule has 0 spiro atoms. The summed E-state index contributed by atoms with van der Waals surface area (Å²) in [5, 5.41) is 0. The van der Waals surface area contributed by atoms with Gasteiger partial charge in [0.25, 0.3) is 0 Å². The van der Waals surface area contributed by atoms with Gasteiger partial charge >= 0.3 is 0 Å². The van der Waals surface area contributed by atoms with Crippen LogP contribution in [-0.4, -0.2) is 12.8 Å². The van der Waals surface area contributed by atoms with Crippen LogP contribution >= 0.6 is 0 Å². The van der Waals surface area contributed by atoms with Gasteiger partial charge in [-0.2, -0.15) is 0 Å². The van der Waals surface area contributed by atoms with Crippen LogP contribution in [0.1, 0.15) is 31.9 Å². The molecule has 3 heteroatoms. The average molecular weight is 211 g/mol. The number of benzene rings is 1. The number of hydrogen-bond acceptors (Lipinski definition) is 2. The molecule has 0 aliphatic rings.